The second-order valence-corrected chi connectivity index (χ2v) is 3.48. The van der Waals surface area contributed by atoms with E-state index in [1.165, 1.54) is 11.4 Å². The van der Waals surface area contributed by atoms with Gasteiger partial charge in [0.1, 0.15) is 6.67 Å². The molecule has 1 aliphatic rings. The minimum absolute atomic E-state index is 0.781. The van der Waals surface area contributed by atoms with Crippen LogP contribution in [0.15, 0.2) is 24.3 Å². The molecule has 1 aromatic carbocycles. The number of nitrogens with two attached hydrogens (primary N) is 1. The molecule has 2 rings (SSSR count). The molecule has 0 unspecified atom stereocenters. The summed E-state index contributed by atoms with van der Waals surface area (Å²) in [6, 6.07) is 8.34. The van der Waals surface area contributed by atoms with Crippen LogP contribution in [-0.2, 0) is 0 Å². The predicted octanol–water partition coefficient (Wildman–Crippen LogP) is 1.78. The Morgan fingerprint density at radius 1 is 1.21 bits per heavy atom. The Kier molecular flexibility index (Phi) is 2.89. The minimum Gasteiger partial charge on any atom is -0.360 e. The van der Waals surface area contributed by atoms with Gasteiger partial charge in [-0.2, -0.15) is 0 Å². The molecular formula is C11H16N3. The van der Waals surface area contributed by atoms with E-state index >= 15 is 0 Å². The van der Waals surface area contributed by atoms with E-state index in [2.05, 4.69) is 28.4 Å². The Balaban J connectivity index is 1.96. The molecule has 0 bridgehead atoms. The first-order valence-corrected chi connectivity index (χ1v) is 5.07. The van der Waals surface area contributed by atoms with Gasteiger partial charge >= 0.3 is 0 Å². The SMILES string of the molecule is NCCCCN1[CH]Nc2ccccc21. The molecular weight excluding hydrogens is 174 g/mol. The predicted molar refractivity (Wildman–Crippen MR) is 60.0 cm³/mol. The summed E-state index contributed by atoms with van der Waals surface area (Å²) in [7, 11) is 0. The fourth-order valence-electron chi connectivity index (χ4n) is 1.67. The molecule has 75 valence electrons. The third-order valence-electron chi connectivity index (χ3n) is 2.44. The van der Waals surface area contributed by atoms with Gasteiger partial charge < -0.3 is 16.0 Å². The van der Waals surface area contributed by atoms with Crippen molar-refractivity contribution in [1.82, 2.24) is 0 Å². The Morgan fingerprint density at radius 2 is 2.07 bits per heavy atom. The van der Waals surface area contributed by atoms with E-state index in [9.17, 15) is 0 Å². The van der Waals surface area contributed by atoms with Crippen molar-refractivity contribution >= 4 is 11.4 Å². The summed E-state index contributed by atoms with van der Waals surface area (Å²) < 4.78 is 0. The summed E-state index contributed by atoms with van der Waals surface area (Å²) in [6.07, 6.45) is 2.23. The molecule has 1 aromatic rings. The zero-order chi connectivity index (χ0) is 9.80. The molecule has 14 heavy (non-hydrogen) atoms. The molecule has 1 aliphatic heterocycles. The molecule has 3 heteroatoms. The maximum Gasteiger partial charge on any atom is 0.139 e. The fourth-order valence-corrected chi connectivity index (χ4v) is 1.67. The number of nitrogens with zero attached hydrogens (tertiary/aromatic N) is 1. The second-order valence-electron chi connectivity index (χ2n) is 3.48. The van der Waals surface area contributed by atoms with E-state index in [-0.39, 0.29) is 0 Å². The second kappa shape index (κ2) is 4.33. The Morgan fingerprint density at radius 3 is 2.93 bits per heavy atom. The van der Waals surface area contributed by atoms with Crippen molar-refractivity contribution in [2.75, 3.05) is 23.3 Å². The van der Waals surface area contributed by atoms with Gasteiger partial charge in [-0.25, -0.2) is 0 Å². The van der Waals surface area contributed by atoms with Crippen LogP contribution >= 0.6 is 0 Å². The highest BCUT2D eigenvalue weighted by molar-refractivity contribution is 5.76. The number of anilines is 2. The highest BCUT2D eigenvalue weighted by atomic mass is 15.3. The lowest BCUT2D eigenvalue weighted by Gasteiger charge is -2.16. The quantitative estimate of drug-likeness (QED) is 0.711. The smallest absolute Gasteiger partial charge is 0.139 e. The van der Waals surface area contributed by atoms with Crippen LogP contribution in [0.2, 0.25) is 0 Å². The molecule has 0 saturated heterocycles. The summed E-state index contributed by atoms with van der Waals surface area (Å²) in [5.41, 5.74) is 7.93. The third kappa shape index (κ3) is 1.82. The topological polar surface area (TPSA) is 41.3 Å². The average Bonchev–Trinajstić information content (AvgIpc) is 2.63. The molecule has 0 amide bonds. The van der Waals surface area contributed by atoms with E-state index < -0.39 is 0 Å². The molecule has 1 heterocycles. The van der Waals surface area contributed by atoms with Crippen molar-refractivity contribution in [3.63, 3.8) is 0 Å². The van der Waals surface area contributed by atoms with Crippen molar-refractivity contribution in [2.45, 2.75) is 12.8 Å². The van der Waals surface area contributed by atoms with Gasteiger partial charge in [0.15, 0.2) is 0 Å². The van der Waals surface area contributed by atoms with Crippen molar-refractivity contribution in [1.29, 1.82) is 0 Å². The van der Waals surface area contributed by atoms with Crippen LogP contribution in [0.1, 0.15) is 12.8 Å². The van der Waals surface area contributed by atoms with Crippen molar-refractivity contribution < 1.29 is 0 Å². The maximum absolute atomic E-state index is 5.46. The van der Waals surface area contributed by atoms with Crippen LogP contribution in [0, 0.1) is 6.67 Å². The van der Waals surface area contributed by atoms with Crippen LogP contribution in [0.4, 0.5) is 11.4 Å². The van der Waals surface area contributed by atoms with Crippen molar-refractivity contribution in [2.24, 2.45) is 5.73 Å². The zero-order valence-corrected chi connectivity index (χ0v) is 8.24. The minimum atomic E-state index is 0.781. The number of para-hydroxylation sites is 2. The number of fused-ring (bicyclic) bond motifs is 1. The van der Waals surface area contributed by atoms with Gasteiger partial charge in [-0.1, -0.05) is 12.1 Å². The normalized spacial score (nSPS) is 13.9. The fraction of sp³-hybridized carbons (Fsp3) is 0.364. The highest BCUT2D eigenvalue weighted by Gasteiger charge is 2.16. The average molecular weight is 190 g/mol. The number of benzene rings is 1. The van der Waals surface area contributed by atoms with E-state index in [1.54, 1.807) is 0 Å². The molecule has 0 aromatic heterocycles. The molecule has 0 atom stereocenters. The van der Waals surface area contributed by atoms with Gasteiger partial charge in [-0.3, -0.25) is 0 Å². The Bertz CT molecular complexity index is 298. The largest absolute Gasteiger partial charge is 0.360 e. The first kappa shape index (κ1) is 9.34. The first-order valence-electron chi connectivity index (χ1n) is 5.07. The van der Waals surface area contributed by atoms with Crippen LogP contribution in [-0.4, -0.2) is 13.1 Å². The summed E-state index contributed by atoms with van der Waals surface area (Å²) in [6.45, 7) is 3.85. The van der Waals surface area contributed by atoms with Crippen molar-refractivity contribution in [3.8, 4) is 0 Å². The van der Waals surface area contributed by atoms with E-state index in [0.717, 1.165) is 25.9 Å². The summed E-state index contributed by atoms with van der Waals surface area (Å²) in [5.74, 6) is 0. The van der Waals surface area contributed by atoms with Gasteiger partial charge in [0.2, 0.25) is 0 Å². The number of hydrogen-bond donors (Lipinski definition) is 2. The molecule has 0 fully saturated rings. The first-order chi connectivity index (χ1) is 6.92. The number of rotatable bonds is 4. The third-order valence-corrected chi connectivity index (χ3v) is 2.44. The van der Waals surface area contributed by atoms with Gasteiger partial charge in [0.05, 0.1) is 11.4 Å². The number of nitrogens with one attached hydrogen (secondary N) is 1. The van der Waals surface area contributed by atoms with Crippen LogP contribution < -0.4 is 16.0 Å². The number of unbranched alkanes of at least 4 members (excludes halogenated alkanes) is 1. The van der Waals surface area contributed by atoms with Gasteiger partial charge in [-0.15, -0.1) is 0 Å². The molecule has 0 aliphatic carbocycles. The molecule has 3 nitrogen and oxygen atoms in total. The van der Waals surface area contributed by atoms with Crippen LogP contribution in [0.25, 0.3) is 0 Å². The standard InChI is InChI=1S/C11H16N3/c12-7-3-4-8-14-9-13-10-5-1-2-6-11(10)14/h1-2,5-6,9,13H,3-4,7-8,12H2. The molecule has 1 radical (unpaired) electrons. The van der Waals surface area contributed by atoms with Gasteiger partial charge in [0, 0.05) is 6.54 Å². The van der Waals surface area contributed by atoms with Crippen LogP contribution in [0.5, 0.6) is 0 Å². The summed E-state index contributed by atoms with van der Waals surface area (Å²) in [4.78, 5) is 2.24. The molecule has 3 N–H and O–H groups in total. The van der Waals surface area contributed by atoms with E-state index in [0.29, 0.717) is 0 Å². The Labute approximate surface area is 84.9 Å². The zero-order valence-electron chi connectivity index (χ0n) is 8.24. The molecule has 0 saturated carbocycles. The van der Waals surface area contributed by atoms with Gasteiger partial charge in [0.25, 0.3) is 0 Å². The summed E-state index contributed by atoms with van der Waals surface area (Å²) >= 11 is 0. The monoisotopic (exact) mass is 190 g/mol. The Hall–Kier alpha value is -1.22. The lowest BCUT2D eigenvalue weighted by Crippen LogP contribution is -2.19. The lowest BCUT2D eigenvalue weighted by atomic mass is 10.2. The number of hydrogen-bond acceptors (Lipinski definition) is 3. The van der Waals surface area contributed by atoms with Gasteiger partial charge in [-0.05, 0) is 31.5 Å². The molecule has 0 spiro atoms. The van der Waals surface area contributed by atoms with Crippen LogP contribution in [0.3, 0.4) is 0 Å². The van der Waals surface area contributed by atoms with E-state index in [1.807, 2.05) is 12.7 Å². The summed E-state index contributed by atoms with van der Waals surface area (Å²) in [5, 5.41) is 3.25. The van der Waals surface area contributed by atoms with Crippen molar-refractivity contribution in [3.05, 3.63) is 30.9 Å². The lowest BCUT2D eigenvalue weighted by molar-refractivity contribution is 0.733. The van der Waals surface area contributed by atoms with E-state index in [4.69, 9.17) is 5.73 Å². The maximum atomic E-state index is 5.46. The highest BCUT2D eigenvalue weighted by Crippen LogP contribution is 2.32.